The molecule has 4 bridgehead atoms. The van der Waals surface area contributed by atoms with Crippen molar-refractivity contribution < 1.29 is 0 Å². The Hall–Kier alpha value is -0.640. The normalized spacial score (nSPS) is 48.0. The molecule has 5 fully saturated rings. The second kappa shape index (κ2) is 3.64. The van der Waals surface area contributed by atoms with Crippen LogP contribution >= 0.6 is 12.2 Å². The molecule has 3 nitrogen and oxygen atoms in total. The largest absolute Gasteiger partial charge is 0.298 e. The number of rotatable bonds is 2. The van der Waals surface area contributed by atoms with Crippen LogP contribution in [-0.4, -0.2) is 14.8 Å². The Labute approximate surface area is 131 Å². The van der Waals surface area contributed by atoms with Crippen LogP contribution in [0.15, 0.2) is 0 Å². The van der Waals surface area contributed by atoms with E-state index in [1.54, 1.807) is 0 Å². The van der Waals surface area contributed by atoms with E-state index in [1.807, 2.05) is 0 Å². The molecule has 1 heterocycles. The van der Waals surface area contributed by atoms with Gasteiger partial charge in [0.05, 0.1) is 0 Å². The highest BCUT2D eigenvalue weighted by Gasteiger charge is 2.61. The molecule has 6 rings (SSSR count). The average Bonchev–Trinajstić information content (AvgIpc) is 3.07. The molecule has 0 aliphatic heterocycles. The Morgan fingerprint density at radius 2 is 1.76 bits per heavy atom. The summed E-state index contributed by atoms with van der Waals surface area (Å²) >= 11 is 5.67. The molecule has 1 aromatic rings. The molecule has 0 saturated heterocycles. The summed E-state index contributed by atoms with van der Waals surface area (Å²) in [5.74, 6) is 2.85. The summed E-state index contributed by atoms with van der Waals surface area (Å²) in [7, 11) is 0. The Balaban J connectivity index is 1.69. The van der Waals surface area contributed by atoms with Crippen molar-refractivity contribution in [3.8, 4) is 0 Å². The molecule has 5 aliphatic carbocycles. The van der Waals surface area contributed by atoms with Crippen LogP contribution in [0.1, 0.15) is 77.0 Å². The van der Waals surface area contributed by atoms with Crippen molar-refractivity contribution in [1.29, 1.82) is 0 Å². The molecule has 0 spiro atoms. The molecule has 1 aromatic heterocycles. The first kappa shape index (κ1) is 12.9. The maximum absolute atomic E-state index is 5.67. The second-order valence-corrected chi connectivity index (χ2v) is 9.74. The summed E-state index contributed by atoms with van der Waals surface area (Å²) in [6.45, 7) is 5.07. The van der Waals surface area contributed by atoms with Gasteiger partial charge in [-0.1, -0.05) is 13.8 Å². The van der Waals surface area contributed by atoms with Crippen molar-refractivity contribution in [3.63, 3.8) is 0 Å². The lowest BCUT2D eigenvalue weighted by Gasteiger charge is -2.65. The van der Waals surface area contributed by atoms with Crippen LogP contribution in [0.2, 0.25) is 0 Å². The molecule has 0 aromatic carbocycles. The highest BCUT2D eigenvalue weighted by molar-refractivity contribution is 7.71. The number of nitrogens with zero attached hydrogens (tertiary/aromatic N) is 2. The van der Waals surface area contributed by atoms with E-state index in [1.165, 1.54) is 57.2 Å². The summed E-state index contributed by atoms with van der Waals surface area (Å²) in [5, 5.41) is 7.75. The predicted molar refractivity (Wildman–Crippen MR) is 84.8 cm³/mol. The maximum atomic E-state index is 5.67. The Morgan fingerprint density at radius 1 is 1.10 bits per heavy atom. The molecular weight excluding hydrogens is 278 g/mol. The molecular formula is C17H25N3S. The van der Waals surface area contributed by atoms with Crippen LogP contribution in [0.5, 0.6) is 0 Å². The maximum Gasteiger partial charge on any atom is 0.195 e. The van der Waals surface area contributed by atoms with Crippen molar-refractivity contribution in [3.05, 3.63) is 10.6 Å². The van der Waals surface area contributed by atoms with Crippen LogP contribution in [-0.2, 0) is 5.54 Å². The third-order valence-corrected chi connectivity index (χ3v) is 6.99. The number of hydrogen-bond acceptors (Lipinski definition) is 2. The minimum atomic E-state index is 0.269. The Bertz CT molecular complexity index is 650. The summed E-state index contributed by atoms with van der Waals surface area (Å²) in [6, 6.07) is 0. The van der Waals surface area contributed by atoms with Crippen molar-refractivity contribution in [2.45, 2.75) is 76.7 Å². The van der Waals surface area contributed by atoms with Gasteiger partial charge in [-0.25, -0.2) is 0 Å². The molecule has 21 heavy (non-hydrogen) atoms. The number of hydrogen-bond donors (Lipinski definition) is 1. The molecule has 0 radical (unpaired) electrons. The fourth-order valence-corrected chi connectivity index (χ4v) is 7.35. The van der Waals surface area contributed by atoms with E-state index in [-0.39, 0.29) is 5.54 Å². The zero-order valence-electron chi connectivity index (χ0n) is 13.1. The van der Waals surface area contributed by atoms with Crippen molar-refractivity contribution in [2.24, 2.45) is 16.7 Å². The molecule has 4 heteroatoms. The van der Waals surface area contributed by atoms with Gasteiger partial charge in [-0.2, -0.15) is 5.10 Å². The number of aromatic amines is 1. The van der Waals surface area contributed by atoms with Gasteiger partial charge in [-0.15, -0.1) is 0 Å². The smallest absolute Gasteiger partial charge is 0.195 e. The summed E-state index contributed by atoms with van der Waals surface area (Å²) < 4.78 is 3.38. The quantitative estimate of drug-likeness (QED) is 0.815. The lowest BCUT2D eigenvalue weighted by atomic mass is 9.42. The first-order valence-corrected chi connectivity index (χ1v) is 8.99. The molecule has 2 atom stereocenters. The molecule has 5 saturated carbocycles. The van der Waals surface area contributed by atoms with E-state index in [2.05, 4.69) is 28.6 Å². The van der Waals surface area contributed by atoms with E-state index in [0.29, 0.717) is 16.7 Å². The van der Waals surface area contributed by atoms with Gasteiger partial charge in [0.2, 0.25) is 0 Å². The lowest BCUT2D eigenvalue weighted by Crippen LogP contribution is -2.59. The van der Waals surface area contributed by atoms with Gasteiger partial charge >= 0.3 is 0 Å². The average molecular weight is 303 g/mol. The monoisotopic (exact) mass is 303 g/mol. The van der Waals surface area contributed by atoms with E-state index in [0.717, 1.165) is 10.7 Å². The Morgan fingerprint density at radius 3 is 2.33 bits per heavy atom. The van der Waals surface area contributed by atoms with E-state index < -0.39 is 0 Å². The van der Waals surface area contributed by atoms with Gasteiger partial charge in [-0.05, 0) is 80.3 Å². The van der Waals surface area contributed by atoms with E-state index >= 15 is 0 Å². The molecule has 114 valence electrons. The zero-order chi connectivity index (χ0) is 14.5. The first-order chi connectivity index (χ1) is 9.91. The molecule has 1 N–H and O–H groups in total. The molecule has 0 amide bonds. The van der Waals surface area contributed by atoms with Crippen LogP contribution in [0.4, 0.5) is 0 Å². The van der Waals surface area contributed by atoms with Crippen LogP contribution in [0.25, 0.3) is 0 Å². The van der Waals surface area contributed by atoms with Crippen molar-refractivity contribution in [1.82, 2.24) is 14.8 Å². The predicted octanol–water partition coefficient (Wildman–Crippen LogP) is 4.52. The second-order valence-electron chi connectivity index (χ2n) is 9.35. The van der Waals surface area contributed by atoms with Gasteiger partial charge in [-0.3, -0.25) is 9.67 Å². The fraction of sp³-hybridized carbons (Fsp3) is 0.882. The number of nitrogens with one attached hydrogen (secondary N) is 1. The van der Waals surface area contributed by atoms with Crippen molar-refractivity contribution in [2.75, 3.05) is 0 Å². The van der Waals surface area contributed by atoms with Crippen LogP contribution in [0, 0.1) is 21.5 Å². The SMILES string of the molecule is CC12CC3CC(C)(C1)CC(n1c(C4CC4)n[nH]c1=S)(C3)C2. The fourth-order valence-electron chi connectivity index (χ4n) is 7.02. The topological polar surface area (TPSA) is 33.6 Å². The summed E-state index contributed by atoms with van der Waals surface area (Å²) in [6.07, 6.45) is 10.9. The van der Waals surface area contributed by atoms with Crippen molar-refractivity contribution >= 4 is 12.2 Å². The van der Waals surface area contributed by atoms with E-state index in [4.69, 9.17) is 12.2 Å². The number of aromatic nitrogens is 3. The molecule has 5 aliphatic rings. The van der Waals surface area contributed by atoms with Gasteiger partial charge < -0.3 is 0 Å². The standard InChI is InChI=1S/C17H25N3S/c1-15-5-11-6-16(2,8-15)10-17(7-11,9-15)20-13(12-3-4-12)18-19-14(20)21/h11-12H,3-10H2,1-2H3,(H,19,21). The van der Waals surface area contributed by atoms with Gasteiger partial charge in [0, 0.05) is 11.5 Å². The lowest BCUT2D eigenvalue weighted by molar-refractivity contribution is -0.137. The summed E-state index contributed by atoms with van der Waals surface area (Å²) in [4.78, 5) is 0. The van der Waals surface area contributed by atoms with E-state index in [9.17, 15) is 0 Å². The Kier molecular flexibility index (Phi) is 2.23. The minimum Gasteiger partial charge on any atom is -0.298 e. The van der Waals surface area contributed by atoms with Gasteiger partial charge in [0.15, 0.2) is 4.77 Å². The highest BCUT2D eigenvalue weighted by Crippen LogP contribution is 2.69. The zero-order valence-corrected chi connectivity index (χ0v) is 13.9. The summed E-state index contributed by atoms with van der Waals surface area (Å²) in [5.41, 5.74) is 1.33. The van der Waals surface area contributed by atoms with Crippen LogP contribution in [0.3, 0.4) is 0 Å². The van der Waals surface area contributed by atoms with Gasteiger partial charge in [0.1, 0.15) is 5.82 Å². The third kappa shape index (κ3) is 1.71. The molecule has 2 unspecified atom stereocenters. The van der Waals surface area contributed by atoms with Gasteiger partial charge in [0.25, 0.3) is 0 Å². The minimum absolute atomic E-state index is 0.269. The number of H-pyrrole nitrogens is 1. The first-order valence-electron chi connectivity index (χ1n) is 8.58. The van der Waals surface area contributed by atoms with Crippen LogP contribution < -0.4 is 0 Å². The highest BCUT2D eigenvalue weighted by atomic mass is 32.1. The third-order valence-electron chi connectivity index (χ3n) is 6.71.